The van der Waals surface area contributed by atoms with Crippen molar-refractivity contribution in [2.45, 2.75) is 114 Å². The Balaban J connectivity index is 1.50. The highest BCUT2D eigenvalue weighted by atomic mass is 16.5. The molecule has 1 spiro atoms. The highest BCUT2D eigenvalue weighted by molar-refractivity contribution is 5.99. The van der Waals surface area contributed by atoms with Crippen LogP contribution in [-0.4, -0.2) is 63.7 Å². The lowest BCUT2D eigenvalue weighted by molar-refractivity contribution is -0.152. The summed E-state index contributed by atoms with van der Waals surface area (Å²) >= 11 is 0. The molecule has 1 aromatic carbocycles. The van der Waals surface area contributed by atoms with Gasteiger partial charge in [0, 0.05) is 12.6 Å². The van der Waals surface area contributed by atoms with Crippen LogP contribution < -0.4 is 10.6 Å². The largest absolute Gasteiger partial charge is 0.394 e. The first kappa shape index (κ1) is 28.1. The van der Waals surface area contributed by atoms with Gasteiger partial charge >= 0.3 is 0 Å². The van der Waals surface area contributed by atoms with E-state index in [1.54, 1.807) is 4.90 Å². The lowest BCUT2D eigenvalue weighted by Gasteiger charge is -2.40. The average Bonchev–Trinajstić information content (AvgIpc) is 3.57. The van der Waals surface area contributed by atoms with Gasteiger partial charge in [-0.15, -0.1) is 0 Å². The maximum Gasteiger partial charge on any atom is 0.246 e. The van der Waals surface area contributed by atoms with Gasteiger partial charge in [-0.25, -0.2) is 0 Å². The molecule has 3 aliphatic heterocycles. The van der Waals surface area contributed by atoms with Crippen LogP contribution in [0.2, 0.25) is 0 Å². The number of nitrogens with one attached hydrogen (secondary N) is 2. The van der Waals surface area contributed by atoms with E-state index in [1.807, 2.05) is 51.1 Å². The Kier molecular flexibility index (Phi) is 8.07. The van der Waals surface area contributed by atoms with Crippen LogP contribution in [0.15, 0.2) is 30.3 Å². The normalized spacial score (nSPS) is 33.6. The number of nitrogens with zero attached hydrogens (tertiary/aromatic N) is 1. The van der Waals surface area contributed by atoms with Crippen LogP contribution in [0.25, 0.3) is 0 Å². The predicted molar refractivity (Wildman–Crippen MR) is 147 cm³/mol. The first-order chi connectivity index (χ1) is 18.8. The zero-order chi connectivity index (χ0) is 27.8. The van der Waals surface area contributed by atoms with Crippen molar-refractivity contribution >= 4 is 17.7 Å². The second kappa shape index (κ2) is 11.2. The van der Waals surface area contributed by atoms with Crippen molar-refractivity contribution in [2.24, 2.45) is 17.8 Å². The van der Waals surface area contributed by atoms with Crippen molar-refractivity contribution in [3.63, 3.8) is 0 Å². The predicted octanol–water partition coefficient (Wildman–Crippen LogP) is 3.31. The lowest BCUT2D eigenvalue weighted by atomic mass is 9.65. The molecule has 1 aliphatic carbocycles. The number of benzene rings is 1. The van der Waals surface area contributed by atoms with Crippen LogP contribution in [-0.2, 0) is 25.7 Å². The molecule has 8 nitrogen and oxygen atoms in total. The number of carbonyl (C=O) groups excluding carboxylic acids is 3. The van der Waals surface area contributed by atoms with Gasteiger partial charge in [0.2, 0.25) is 17.7 Å². The quantitative estimate of drug-likeness (QED) is 0.423. The molecule has 8 heteroatoms. The van der Waals surface area contributed by atoms with Crippen molar-refractivity contribution in [2.75, 3.05) is 6.61 Å². The minimum atomic E-state index is -1.07. The second-order valence-corrected chi connectivity index (χ2v) is 12.3. The molecule has 1 aromatic rings. The van der Waals surface area contributed by atoms with E-state index in [9.17, 15) is 19.5 Å². The van der Waals surface area contributed by atoms with Gasteiger partial charge in [0.25, 0.3) is 0 Å². The molecule has 4 aliphatic rings. The van der Waals surface area contributed by atoms with Gasteiger partial charge in [0.05, 0.1) is 30.1 Å². The zero-order valence-corrected chi connectivity index (χ0v) is 23.7. The van der Waals surface area contributed by atoms with E-state index in [0.29, 0.717) is 25.8 Å². The topological polar surface area (TPSA) is 108 Å². The summed E-state index contributed by atoms with van der Waals surface area (Å²) in [6.45, 7) is 6.17. The number of ether oxygens (including phenoxy) is 1. The Morgan fingerprint density at radius 3 is 2.46 bits per heavy atom. The molecule has 3 amide bonds. The van der Waals surface area contributed by atoms with E-state index in [-0.39, 0.29) is 36.3 Å². The van der Waals surface area contributed by atoms with Gasteiger partial charge in [-0.2, -0.15) is 0 Å². The molecule has 0 radical (unpaired) electrons. The van der Waals surface area contributed by atoms with Crippen LogP contribution >= 0.6 is 0 Å². The smallest absolute Gasteiger partial charge is 0.246 e. The van der Waals surface area contributed by atoms with E-state index >= 15 is 0 Å². The van der Waals surface area contributed by atoms with Gasteiger partial charge in [-0.3, -0.25) is 14.4 Å². The van der Waals surface area contributed by atoms with Gasteiger partial charge in [-0.1, -0.05) is 76.8 Å². The van der Waals surface area contributed by atoms with Crippen LogP contribution in [0, 0.1) is 17.8 Å². The Bertz CT molecular complexity index is 1060. The molecule has 3 saturated heterocycles. The standard InChI is InChI=1S/C31H45N3O5/c1-4-20(3)23(19-35)34-26(28(37)33-22-14-10-7-11-15-22)31-17-16-30(5-2,39-31)24(25(31)29(34)38)27(36)32-18-21-12-8-6-9-13-21/h6,8-9,12-13,20,22-26,35H,4-5,7,10-11,14-19H2,1-3H3,(H,32,36)(H,33,37)/t20-,23-,24+,25-,26?,30-,31?/m0/s1. The van der Waals surface area contributed by atoms with Crippen molar-refractivity contribution in [1.29, 1.82) is 0 Å². The minimum Gasteiger partial charge on any atom is -0.394 e. The number of aliphatic hydroxyl groups excluding tert-OH is 1. The fourth-order valence-corrected chi connectivity index (χ4v) is 7.95. The Morgan fingerprint density at radius 2 is 1.82 bits per heavy atom. The summed E-state index contributed by atoms with van der Waals surface area (Å²) in [6, 6.07) is 8.43. The summed E-state index contributed by atoms with van der Waals surface area (Å²) in [6.07, 6.45) is 7.73. The number of carbonyl (C=O) groups is 3. The highest BCUT2D eigenvalue weighted by Gasteiger charge is 2.79. The maximum absolute atomic E-state index is 14.4. The average molecular weight is 540 g/mol. The molecule has 1 saturated carbocycles. The summed E-state index contributed by atoms with van der Waals surface area (Å²) < 4.78 is 6.87. The summed E-state index contributed by atoms with van der Waals surface area (Å²) in [5.41, 5.74) is -0.861. The molecule has 0 aromatic heterocycles. The van der Waals surface area contributed by atoms with E-state index in [2.05, 4.69) is 10.6 Å². The molecular weight excluding hydrogens is 494 g/mol. The Morgan fingerprint density at radius 1 is 1.10 bits per heavy atom. The summed E-state index contributed by atoms with van der Waals surface area (Å²) in [5, 5.41) is 16.8. The summed E-state index contributed by atoms with van der Waals surface area (Å²) in [4.78, 5) is 44.1. The van der Waals surface area contributed by atoms with Gasteiger partial charge in [0.15, 0.2) is 0 Å². The minimum absolute atomic E-state index is 0.0122. The molecule has 214 valence electrons. The van der Waals surface area contributed by atoms with Crippen LogP contribution in [0.1, 0.15) is 84.1 Å². The fourth-order valence-electron chi connectivity index (χ4n) is 7.95. The van der Waals surface area contributed by atoms with Crippen LogP contribution in [0.3, 0.4) is 0 Å². The molecule has 2 bridgehead atoms. The number of hydrogen-bond acceptors (Lipinski definition) is 5. The number of likely N-dealkylation sites (tertiary alicyclic amines) is 1. The van der Waals surface area contributed by atoms with E-state index in [1.165, 1.54) is 6.42 Å². The van der Waals surface area contributed by atoms with Crippen molar-refractivity contribution in [3.8, 4) is 0 Å². The molecule has 3 heterocycles. The maximum atomic E-state index is 14.4. The van der Waals surface area contributed by atoms with Crippen LogP contribution in [0.5, 0.6) is 0 Å². The first-order valence-corrected chi connectivity index (χ1v) is 15.1. The summed E-state index contributed by atoms with van der Waals surface area (Å²) in [5.74, 6) is -2.06. The van der Waals surface area contributed by atoms with E-state index < -0.39 is 35.1 Å². The highest BCUT2D eigenvalue weighted by Crippen LogP contribution is 2.64. The number of amides is 3. The number of rotatable bonds is 10. The zero-order valence-electron chi connectivity index (χ0n) is 23.7. The van der Waals surface area contributed by atoms with Gasteiger partial charge < -0.3 is 25.4 Å². The fraction of sp³-hybridized carbons (Fsp3) is 0.710. The molecule has 3 N–H and O–H groups in total. The number of aliphatic hydroxyl groups is 1. The third-order valence-electron chi connectivity index (χ3n) is 10.3. The van der Waals surface area contributed by atoms with Crippen molar-refractivity contribution < 1.29 is 24.2 Å². The first-order valence-electron chi connectivity index (χ1n) is 15.1. The van der Waals surface area contributed by atoms with Crippen molar-refractivity contribution in [1.82, 2.24) is 15.5 Å². The number of hydrogen-bond donors (Lipinski definition) is 3. The number of fused-ring (bicyclic) bond motifs is 1. The molecule has 7 atom stereocenters. The van der Waals surface area contributed by atoms with E-state index in [0.717, 1.165) is 37.7 Å². The lowest BCUT2D eigenvalue weighted by Crippen LogP contribution is -2.60. The molecule has 5 rings (SSSR count). The molecule has 39 heavy (non-hydrogen) atoms. The Hall–Kier alpha value is -2.45. The third kappa shape index (κ3) is 4.67. The molecular formula is C31H45N3O5. The monoisotopic (exact) mass is 539 g/mol. The van der Waals surface area contributed by atoms with Gasteiger partial charge in [0.1, 0.15) is 11.6 Å². The van der Waals surface area contributed by atoms with Crippen molar-refractivity contribution in [3.05, 3.63) is 35.9 Å². The Labute approximate surface area is 232 Å². The molecule has 4 fully saturated rings. The van der Waals surface area contributed by atoms with E-state index in [4.69, 9.17) is 4.74 Å². The van der Waals surface area contributed by atoms with Gasteiger partial charge in [-0.05, 0) is 43.6 Å². The molecule has 2 unspecified atom stereocenters. The van der Waals surface area contributed by atoms with Crippen LogP contribution in [0.4, 0.5) is 0 Å². The summed E-state index contributed by atoms with van der Waals surface area (Å²) in [7, 11) is 0. The third-order valence-corrected chi connectivity index (χ3v) is 10.3. The second-order valence-electron chi connectivity index (χ2n) is 12.3. The SMILES string of the molecule is CC[C@H](C)[C@H](CO)N1C(=O)[C@@H]2[C@H](C(=O)NCc3ccccc3)[C@]3(CC)CCC2(O3)C1C(=O)NC1CCCCC1.